The molecule has 0 bridgehead atoms. The molecule has 0 aromatic heterocycles. The van der Waals surface area contributed by atoms with Gasteiger partial charge >= 0.3 is 0 Å². The maximum absolute atomic E-state index is 13.0. The van der Waals surface area contributed by atoms with Gasteiger partial charge in [0.1, 0.15) is 146 Å². The van der Waals surface area contributed by atoms with Gasteiger partial charge in [0.2, 0.25) is 24.1 Å². The van der Waals surface area contributed by atoms with Crippen LogP contribution in [0.2, 0.25) is 0 Å². The molecule has 0 radical (unpaired) electrons. The van der Waals surface area contributed by atoms with Crippen molar-refractivity contribution in [1.82, 2.24) is 21.3 Å². The van der Waals surface area contributed by atoms with E-state index in [-0.39, 0.29) is 6.41 Å². The fraction of sp³-hybridized carbons (Fsp3) is 0.913. The summed E-state index contributed by atoms with van der Waals surface area (Å²) in [5.41, 5.74) is 0. The van der Waals surface area contributed by atoms with Gasteiger partial charge in [-0.15, -0.1) is 0 Å². The fourth-order valence-corrected chi connectivity index (χ4v) is 10.3. The number of nitrogens with one attached hydrogen (secondary N) is 4. The molecular formula is C46H78N4O33. The van der Waals surface area contributed by atoms with Crippen LogP contribution in [-0.2, 0) is 76.0 Å². The van der Waals surface area contributed by atoms with Crippen LogP contribution in [0.4, 0.5) is 0 Å². The highest BCUT2D eigenvalue weighted by Crippen LogP contribution is 2.38. The zero-order chi connectivity index (χ0) is 61.3. The van der Waals surface area contributed by atoms with Gasteiger partial charge in [-0.25, -0.2) is 0 Å². The first kappa shape index (κ1) is 68.8. The Morgan fingerprint density at radius 2 is 0.723 bits per heavy atom. The molecule has 0 unspecified atom stereocenters. The highest BCUT2D eigenvalue weighted by molar-refractivity contribution is 5.74. The van der Waals surface area contributed by atoms with Crippen molar-refractivity contribution < 1.29 is 163 Å². The predicted octanol–water partition coefficient (Wildman–Crippen LogP) is -14.5. The van der Waals surface area contributed by atoms with Gasteiger partial charge in [-0.05, 0) is 0 Å². The third-order valence-corrected chi connectivity index (χ3v) is 14.6. The van der Waals surface area contributed by atoms with E-state index < -0.39 is 261 Å². The van der Waals surface area contributed by atoms with Gasteiger partial charge in [0, 0.05) is 20.8 Å². The van der Waals surface area contributed by atoms with E-state index in [1.54, 1.807) is 0 Å². The highest BCUT2D eigenvalue weighted by Gasteiger charge is 2.59. The topological polar surface area (TPSA) is 571 Å². The van der Waals surface area contributed by atoms with Crippen molar-refractivity contribution in [3.05, 3.63) is 0 Å². The maximum Gasteiger partial charge on any atom is 0.217 e. The number of aliphatic hydroxyl groups is 17. The Balaban J connectivity index is 1.33. The molecule has 6 aliphatic heterocycles. The number of aliphatic hydroxyl groups excluding tert-OH is 17. The van der Waals surface area contributed by atoms with E-state index >= 15 is 0 Å². The lowest BCUT2D eigenvalue weighted by molar-refractivity contribution is -0.398. The molecule has 0 saturated carbocycles. The van der Waals surface area contributed by atoms with Crippen molar-refractivity contribution in [1.29, 1.82) is 0 Å². The van der Waals surface area contributed by atoms with Gasteiger partial charge in [0.15, 0.2) is 37.7 Å². The number of amides is 4. The minimum atomic E-state index is -2.39. The van der Waals surface area contributed by atoms with Gasteiger partial charge in [-0.1, -0.05) is 0 Å². The van der Waals surface area contributed by atoms with Crippen LogP contribution in [0.3, 0.4) is 0 Å². The summed E-state index contributed by atoms with van der Waals surface area (Å²) in [6.45, 7) is -4.18. The van der Waals surface area contributed by atoms with Crippen LogP contribution in [-0.4, -0.2) is 354 Å². The van der Waals surface area contributed by atoms with Gasteiger partial charge in [0.05, 0.1) is 58.9 Å². The number of ether oxygens (including phenoxy) is 12. The molecule has 6 fully saturated rings. The molecule has 37 nitrogen and oxygen atoms in total. The van der Waals surface area contributed by atoms with Crippen molar-refractivity contribution in [2.45, 2.75) is 211 Å². The van der Waals surface area contributed by atoms with Crippen LogP contribution >= 0.6 is 0 Å². The molecule has 0 spiro atoms. The Kier molecular flexibility index (Phi) is 25.8. The molecular weight excluding hydrogens is 1140 g/mol. The van der Waals surface area contributed by atoms with Gasteiger partial charge in [-0.2, -0.15) is 0 Å². The first-order valence-corrected chi connectivity index (χ1v) is 26.3. The second kappa shape index (κ2) is 31.1. The molecule has 6 rings (SSSR count). The maximum atomic E-state index is 13.0. The van der Waals surface area contributed by atoms with E-state index in [9.17, 15) is 106 Å². The molecule has 83 heavy (non-hydrogen) atoms. The molecule has 6 heterocycles. The number of hydrogen-bond acceptors (Lipinski definition) is 33. The quantitative estimate of drug-likeness (QED) is 0.0377. The van der Waals surface area contributed by atoms with Crippen LogP contribution < -0.4 is 21.3 Å². The van der Waals surface area contributed by atoms with E-state index in [0.717, 1.165) is 20.8 Å². The van der Waals surface area contributed by atoms with Gasteiger partial charge in [0.25, 0.3) is 0 Å². The first-order chi connectivity index (χ1) is 39.4. The van der Waals surface area contributed by atoms with Crippen LogP contribution in [0.1, 0.15) is 20.8 Å². The third kappa shape index (κ3) is 15.9. The standard InChI is InChI=1S/C46H78N4O33/c1-13(59)48-23-29(65)26(62)17(5-52)73-41(23)81-38-22(10-57)78-46(80-37-21(9-56)77-45(34(70)32(37)68)79-36-20(8-55)76-44(33(69)31(36)67)72-11-16(4-51)47-12-58)35(71)40(38)83-43-25(50-15(3)61)39(28(64)19(7-54)75-43)82-42-24(49-14(2)60)30(66)27(63)18(6-53)74-42/h12,16-46,51-57,62-71H,4-11H2,1-3H3,(H,47,58)(H,48,59)(H,49,60)(H,50,61)/t16-,17-,18-,19-,20-,21-,22-,23-,24-,25-,26+,27+,28+,29-,30-,31-,32-,33-,34-,35-,36-,37+,38+,39-,40-,41+,42-,43+,44-,45+,46-/m1/s1. The second-order valence-corrected chi connectivity index (χ2v) is 20.4. The monoisotopic (exact) mass is 1210 g/mol. The Bertz CT molecular complexity index is 2040. The summed E-state index contributed by atoms with van der Waals surface area (Å²) in [5, 5.41) is 194. The highest BCUT2D eigenvalue weighted by atomic mass is 16.8. The zero-order valence-corrected chi connectivity index (χ0v) is 44.8. The average Bonchev–Trinajstić information content (AvgIpc) is 2.83. The summed E-state index contributed by atoms with van der Waals surface area (Å²) in [7, 11) is 0. The Hall–Kier alpha value is -3.28. The number of rotatable bonds is 25. The van der Waals surface area contributed by atoms with E-state index in [0.29, 0.717) is 0 Å². The molecule has 6 saturated heterocycles. The number of hydrogen-bond donors (Lipinski definition) is 21. The van der Waals surface area contributed by atoms with Gasteiger partial charge < -0.3 is 165 Å². The molecule has 0 aliphatic carbocycles. The third-order valence-electron chi connectivity index (χ3n) is 14.6. The fourth-order valence-electron chi connectivity index (χ4n) is 10.3. The summed E-state index contributed by atoms with van der Waals surface area (Å²) in [4.78, 5) is 48.7. The van der Waals surface area contributed by atoms with Gasteiger partial charge in [-0.3, -0.25) is 19.2 Å². The minimum absolute atomic E-state index is 0.269. The summed E-state index contributed by atoms with van der Waals surface area (Å²) in [6, 6.07) is -6.21. The average molecular weight is 1220 g/mol. The molecule has 37 heteroatoms. The smallest absolute Gasteiger partial charge is 0.217 e. The van der Waals surface area contributed by atoms with Crippen LogP contribution in [0.25, 0.3) is 0 Å². The Labute approximate surface area is 471 Å². The normalized spacial score (nSPS) is 45.4. The molecule has 0 aromatic rings. The van der Waals surface area contributed by atoms with E-state index in [1.165, 1.54) is 0 Å². The summed E-state index contributed by atoms with van der Waals surface area (Å²) in [6.07, 6.45) is -52.3. The number of carbonyl (C=O) groups is 4. The molecule has 21 N–H and O–H groups in total. The van der Waals surface area contributed by atoms with E-state index in [2.05, 4.69) is 21.3 Å². The Morgan fingerprint density at radius 3 is 1.14 bits per heavy atom. The molecule has 0 aromatic carbocycles. The number of carbonyl (C=O) groups excluding carboxylic acids is 4. The van der Waals surface area contributed by atoms with Crippen molar-refractivity contribution in [3.63, 3.8) is 0 Å². The summed E-state index contributed by atoms with van der Waals surface area (Å²) >= 11 is 0. The zero-order valence-electron chi connectivity index (χ0n) is 44.8. The predicted molar refractivity (Wildman–Crippen MR) is 258 cm³/mol. The Morgan fingerprint density at radius 1 is 0.386 bits per heavy atom. The molecule has 31 atom stereocenters. The lowest BCUT2D eigenvalue weighted by atomic mass is 9.93. The molecule has 4 amide bonds. The molecule has 6 aliphatic rings. The van der Waals surface area contributed by atoms with Crippen molar-refractivity contribution >= 4 is 24.1 Å². The van der Waals surface area contributed by atoms with Crippen LogP contribution in [0.5, 0.6) is 0 Å². The first-order valence-electron chi connectivity index (χ1n) is 26.3. The lowest BCUT2D eigenvalue weighted by Gasteiger charge is -2.52. The van der Waals surface area contributed by atoms with Crippen molar-refractivity contribution in [2.24, 2.45) is 0 Å². The summed E-state index contributed by atoms with van der Waals surface area (Å²) in [5.74, 6) is -2.52. The van der Waals surface area contributed by atoms with E-state index in [1.807, 2.05) is 0 Å². The summed E-state index contributed by atoms with van der Waals surface area (Å²) < 4.78 is 70.6. The largest absolute Gasteiger partial charge is 0.394 e. The van der Waals surface area contributed by atoms with Crippen molar-refractivity contribution in [3.8, 4) is 0 Å². The minimum Gasteiger partial charge on any atom is -0.394 e. The van der Waals surface area contributed by atoms with Crippen molar-refractivity contribution in [2.75, 3.05) is 52.9 Å². The van der Waals surface area contributed by atoms with E-state index in [4.69, 9.17) is 56.8 Å². The molecule has 480 valence electrons. The second-order valence-electron chi connectivity index (χ2n) is 20.4. The SMILES string of the molecule is CC(=O)N[C@H]1[C@H](O[C@@H]2[C@H](O[C@@H]3O[C@H](CO)[C@H](O)[C@H](O[C@H]4O[C@H](CO)[C@H](O)[C@H](O)[C@H]4NC(C)=O)[C@H]3NC(C)=O)[C@@H](O)[C@@H](O[C@@H]3[C@H](O)[C@@H](O)[C@H](O[C@H]4[C@H](O)[C@@H](O)[C@H](OC[C@@H](CO)NC=O)O[C@@H]4CO)O[C@@H]3CO)O[C@@H]2CO)O[C@H](CO)[C@H](O)[C@@H]1O. The van der Waals surface area contributed by atoms with Crippen LogP contribution in [0, 0.1) is 0 Å². The van der Waals surface area contributed by atoms with Crippen LogP contribution in [0.15, 0.2) is 0 Å². The lowest BCUT2D eigenvalue weighted by Crippen LogP contribution is -2.72.